The zero-order chi connectivity index (χ0) is 13.3. The number of hydrogen-bond acceptors (Lipinski definition) is 4. The van der Waals surface area contributed by atoms with Crippen LogP contribution in [-0.2, 0) is 9.53 Å². The zero-order valence-corrected chi connectivity index (χ0v) is 11.6. The highest BCUT2D eigenvalue weighted by atomic mass is 16.5. The van der Waals surface area contributed by atoms with E-state index in [1.165, 1.54) is 0 Å². The average molecular weight is 267 g/mol. The molecule has 3 N–H and O–H groups in total. The maximum Gasteiger partial charge on any atom is 0.220 e. The van der Waals surface area contributed by atoms with Crippen molar-refractivity contribution in [3.8, 4) is 0 Å². The Kier molecular flexibility index (Phi) is 3.78. The highest BCUT2D eigenvalue weighted by Crippen LogP contribution is 2.36. The molecular weight excluding hydrogens is 242 g/mol. The number of carbonyl (C=O) groups excluding carboxylic acids is 1. The van der Waals surface area contributed by atoms with Gasteiger partial charge in [-0.05, 0) is 58.3 Å². The molecule has 1 amide bonds. The smallest absolute Gasteiger partial charge is 0.220 e. The first-order valence-electron chi connectivity index (χ1n) is 7.57. The number of rotatable bonds is 2. The van der Waals surface area contributed by atoms with E-state index in [4.69, 9.17) is 10.5 Å². The van der Waals surface area contributed by atoms with Gasteiger partial charge in [0.15, 0.2) is 0 Å². The van der Waals surface area contributed by atoms with Crippen molar-refractivity contribution >= 4 is 5.91 Å². The van der Waals surface area contributed by atoms with E-state index < -0.39 is 0 Å². The zero-order valence-electron chi connectivity index (χ0n) is 11.6. The Balaban J connectivity index is 1.53. The normalized spacial score (nSPS) is 32.7. The van der Waals surface area contributed by atoms with Crippen molar-refractivity contribution in [2.24, 2.45) is 11.7 Å². The summed E-state index contributed by atoms with van der Waals surface area (Å²) in [6.45, 7) is 5.01. The Morgan fingerprint density at radius 2 is 1.95 bits per heavy atom. The summed E-state index contributed by atoms with van der Waals surface area (Å²) in [4.78, 5) is 13.7. The Morgan fingerprint density at radius 3 is 2.58 bits per heavy atom. The average Bonchev–Trinajstić information content (AvgIpc) is 2.83. The molecule has 0 radical (unpaired) electrons. The maximum absolute atomic E-state index is 11.2. The molecule has 3 saturated heterocycles. The van der Waals surface area contributed by atoms with Gasteiger partial charge >= 0.3 is 0 Å². The number of carbonyl (C=O) groups is 1. The fraction of sp³-hybridized carbons (Fsp3) is 0.929. The number of likely N-dealkylation sites (tertiary alicyclic amines) is 1. The van der Waals surface area contributed by atoms with Crippen LogP contribution in [0, 0.1) is 5.92 Å². The molecule has 5 heteroatoms. The SMILES string of the molecule is NC(=O)C1CCN(C2COC3(CCNCC3)C2)CC1. The number of nitrogens with two attached hydrogens (primary N) is 1. The van der Waals surface area contributed by atoms with Crippen LogP contribution in [0.15, 0.2) is 0 Å². The van der Waals surface area contributed by atoms with Crippen molar-refractivity contribution in [1.29, 1.82) is 0 Å². The lowest BCUT2D eigenvalue weighted by atomic mass is 9.87. The van der Waals surface area contributed by atoms with Crippen molar-refractivity contribution in [2.45, 2.75) is 43.7 Å². The van der Waals surface area contributed by atoms with E-state index >= 15 is 0 Å². The summed E-state index contributed by atoms with van der Waals surface area (Å²) in [5, 5.41) is 3.40. The van der Waals surface area contributed by atoms with E-state index in [1.54, 1.807) is 0 Å². The second kappa shape index (κ2) is 5.38. The van der Waals surface area contributed by atoms with Crippen LogP contribution in [0.5, 0.6) is 0 Å². The van der Waals surface area contributed by atoms with Crippen LogP contribution >= 0.6 is 0 Å². The second-order valence-corrected chi connectivity index (χ2v) is 6.31. The first-order valence-corrected chi connectivity index (χ1v) is 7.57. The fourth-order valence-electron chi connectivity index (χ4n) is 3.83. The molecule has 1 spiro atoms. The van der Waals surface area contributed by atoms with E-state index in [-0.39, 0.29) is 17.4 Å². The third-order valence-corrected chi connectivity index (χ3v) is 5.15. The quantitative estimate of drug-likeness (QED) is 0.744. The predicted octanol–water partition coefficient (Wildman–Crippen LogP) is 0.0948. The third kappa shape index (κ3) is 2.78. The molecule has 1 atom stereocenters. The van der Waals surface area contributed by atoms with Gasteiger partial charge in [-0.3, -0.25) is 9.69 Å². The fourth-order valence-corrected chi connectivity index (χ4v) is 3.83. The standard InChI is InChI=1S/C14H25N3O2/c15-13(18)11-1-7-17(8-2-11)12-9-14(19-10-12)3-5-16-6-4-14/h11-12,16H,1-10H2,(H2,15,18). The summed E-state index contributed by atoms with van der Waals surface area (Å²) in [7, 11) is 0. The topological polar surface area (TPSA) is 67.6 Å². The first kappa shape index (κ1) is 13.3. The minimum Gasteiger partial charge on any atom is -0.373 e. The molecule has 19 heavy (non-hydrogen) atoms. The number of nitrogens with one attached hydrogen (secondary N) is 1. The van der Waals surface area contributed by atoms with Crippen LogP contribution in [0.4, 0.5) is 0 Å². The van der Waals surface area contributed by atoms with Crippen LogP contribution in [0.3, 0.4) is 0 Å². The van der Waals surface area contributed by atoms with Crippen molar-refractivity contribution in [3.63, 3.8) is 0 Å². The molecular formula is C14H25N3O2. The molecule has 5 nitrogen and oxygen atoms in total. The Morgan fingerprint density at radius 1 is 1.26 bits per heavy atom. The van der Waals surface area contributed by atoms with Crippen molar-refractivity contribution in [2.75, 3.05) is 32.8 Å². The first-order chi connectivity index (χ1) is 9.19. The number of amides is 1. The lowest BCUT2D eigenvalue weighted by molar-refractivity contribution is -0.123. The lowest BCUT2D eigenvalue weighted by Gasteiger charge is -2.36. The molecule has 0 bridgehead atoms. The maximum atomic E-state index is 11.2. The largest absolute Gasteiger partial charge is 0.373 e. The van der Waals surface area contributed by atoms with Crippen LogP contribution in [-0.4, -0.2) is 55.2 Å². The van der Waals surface area contributed by atoms with Gasteiger partial charge in [0.25, 0.3) is 0 Å². The molecule has 108 valence electrons. The summed E-state index contributed by atoms with van der Waals surface area (Å²) in [5.74, 6) is -0.0384. The number of nitrogens with zero attached hydrogens (tertiary/aromatic N) is 1. The van der Waals surface area contributed by atoms with Crippen molar-refractivity contribution < 1.29 is 9.53 Å². The monoisotopic (exact) mass is 267 g/mol. The second-order valence-electron chi connectivity index (χ2n) is 6.31. The molecule has 3 aliphatic rings. The molecule has 3 fully saturated rings. The van der Waals surface area contributed by atoms with Gasteiger partial charge in [-0.2, -0.15) is 0 Å². The molecule has 0 aromatic heterocycles. The van der Waals surface area contributed by atoms with Gasteiger partial charge in [0, 0.05) is 12.0 Å². The van der Waals surface area contributed by atoms with Crippen LogP contribution < -0.4 is 11.1 Å². The Labute approximate surface area is 114 Å². The van der Waals surface area contributed by atoms with E-state index in [1.807, 2.05) is 0 Å². The van der Waals surface area contributed by atoms with Crippen molar-refractivity contribution in [3.05, 3.63) is 0 Å². The van der Waals surface area contributed by atoms with Gasteiger partial charge in [0.1, 0.15) is 0 Å². The van der Waals surface area contributed by atoms with Crippen LogP contribution in [0.2, 0.25) is 0 Å². The molecule has 0 saturated carbocycles. The Hall–Kier alpha value is -0.650. The van der Waals surface area contributed by atoms with Gasteiger partial charge < -0.3 is 15.8 Å². The van der Waals surface area contributed by atoms with Gasteiger partial charge in [-0.25, -0.2) is 0 Å². The minimum atomic E-state index is -0.128. The third-order valence-electron chi connectivity index (χ3n) is 5.15. The molecule has 0 aliphatic carbocycles. The molecule has 0 aromatic carbocycles. The lowest BCUT2D eigenvalue weighted by Crippen LogP contribution is -2.46. The van der Waals surface area contributed by atoms with E-state index in [9.17, 15) is 4.79 Å². The number of hydrogen-bond donors (Lipinski definition) is 2. The predicted molar refractivity (Wildman–Crippen MR) is 72.7 cm³/mol. The highest BCUT2D eigenvalue weighted by Gasteiger charge is 2.43. The van der Waals surface area contributed by atoms with Gasteiger partial charge in [0.05, 0.1) is 12.2 Å². The Bertz CT molecular complexity index is 334. The van der Waals surface area contributed by atoms with E-state index in [2.05, 4.69) is 10.2 Å². The van der Waals surface area contributed by atoms with Gasteiger partial charge in [-0.15, -0.1) is 0 Å². The molecule has 3 aliphatic heterocycles. The number of primary amides is 1. The van der Waals surface area contributed by atoms with E-state index in [0.717, 1.165) is 64.9 Å². The summed E-state index contributed by atoms with van der Waals surface area (Å²) in [5.41, 5.74) is 5.52. The number of piperidine rings is 2. The van der Waals surface area contributed by atoms with Crippen LogP contribution in [0.25, 0.3) is 0 Å². The molecule has 3 rings (SSSR count). The van der Waals surface area contributed by atoms with Gasteiger partial charge in [-0.1, -0.05) is 0 Å². The summed E-state index contributed by atoms with van der Waals surface area (Å²) in [6.07, 6.45) is 5.28. The summed E-state index contributed by atoms with van der Waals surface area (Å²) < 4.78 is 6.15. The van der Waals surface area contributed by atoms with E-state index in [0.29, 0.717) is 6.04 Å². The number of ether oxygens (including phenoxy) is 1. The summed E-state index contributed by atoms with van der Waals surface area (Å²) in [6, 6.07) is 0.548. The van der Waals surface area contributed by atoms with Crippen molar-refractivity contribution in [1.82, 2.24) is 10.2 Å². The molecule has 3 heterocycles. The highest BCUT2D eigenvalue weighted by molar-refractivity contribution is 5.76. The molecule has 0 aromatic rings. The van der Waals surface area contributed by atoms with Crippen LogP contribution in [0.1, 0.15) is 32.1 Å². The van der Waals surface area contributed by atoms with Gasteiger partial charge in [0.2, 0.25) is 5.91 Å². The summed E-state index contributed by atoms with van der Waals surface area (Å²) >= 11 is 0. The minimum absolute atomic E-state index is 0.0893. The molecule has 1 unspecified atom stereocenters.